The van der Waals surface area contributed by atoms with E-state index in [2.05, 4.69) is 228 Å². The minimum atomic E-state index is -2.50. The quantitative estimate of drug-likeness (QED) is 0.0599. The molecule has 0 aromatic heterocycles. The number of benzene rings is 6. The van der Waals surface area contributed by atoms with Crippen molar-refractivity contribution in [2.24, 2.45) is 0 Å². The second-order valence-electron chi connectivity index (χ2n) is 9.66. The molecule has 0 aliphatic heterocycles. The number of hydrogen-bond donors (Lipinski definition) is 0. The molecule has 0 N–H and O–H groups in total. The molecule has 0 radical (unpaired) electrons. The maximum absolute atomic E-state index is 7.50. The van der Waals surface area contributed by atoms with E-state index in [4.69, 9.17) is 27.4 Å². The minimum Gasteiger partial charge on any atom is -0.148 e. The van der Waals surface area contributed by atoms with Crippen molar-refractivity contribution in [1.82, 2.24) is 4.17 Å². The molecule has 0 fully saturated rings. The Bertz CT molecular complexity index is 1680. The maximum Gasteiger partial charge on any atom is 0.301 e. The second kappa shape index (κ2) is 31.0. The Labute approximate surface area is 329 Å². The summed E-state index contributed by atoms with van der Waals surface area (Å²) < 4.78 is 43.9. The van der Waals surface area contributed by atoms with E-state index in [1.54, 1.807) is 0 Å². The Kier molecular flexibility index (Phi) is 29.6. The van der Waals surface area contributed by atoms with E-state index in [-0.39, 0.29) is 17.4 Å². The van der Waals surface area contributed by atoms with E-state index < -0.39 is 14.1 Å². The largest absolute Gasteiger partial charge is 0.301 e. The van der Waals surface area contributed by atoms with Crippen LogP contribution in [0.3, 0.4) is 0 Å². The molecule has 53 heavy (non-hydrogen) atoms. The van der Waals surface area contributed by atoms with Gasteiger partial charge in [-0.1, -0.05) is 116 Å². The van der Waals surface area contributed by atoms with Gasteiger partial charge in [-0.3, -0.25) is 0 Å². The van der Waals surface area contributed by atoms with Gasteiger partial charge in [0.25, 0.3) is 0 Å². The Morgan fingerprint density at radius 2 is 0.472 bits per heavy atom. The standard InChI is InChI=1S/C36H30NP2.C2H6S.5CO.Cr/c1-7-19-31(20-8-1)38(32-21-9-2-10-22-32,33-23-11-3-12-24-33)37-39(34-25-13-4-14-26-34,35-27-15-5-16-28-35)36-29-17-6-18-30-36;1-2-3;5*1-2;/h1-30H;3H,2H2,1H3;;;;;;/q+1;;;;;;;/p-1. The van der Waals surface area contributed by atoms with Gasteiger partial charge >= 0.3 is 70.6 Å². The van der Waals surface area contributed by atoms with Crippen LogP contribution in [0, 0.1) is 33.3 Å². The van der Waals surface area contributed by atoms with Crippen molar-refractivity contribution < 1.29 is 40.6 Å². The molecule has 0 saturated heterocycles. The van der Waals surface area contributed by atoms with Crippen LogP contribution in [0.2, 0.25) is 0 Å². The van der Waals surface area contributed by atoms with E-state index in [0.29, 0.717) is 0 Å². The number of nitrogens with zero attached hydrogens (tertiary/aromatic N) is 1. The third-order valence-electron chi connectivity index (χ3n) is 7.05. The fraction of sp³-hybridized carbons (Fsp3) is 0.0465. The first-order valence-corrected chi connectivity index (χ1v) is 19.3. The molecule has 6 aromatic rings. The van der Waals surface area contributed by atoms with E-state index in [1.165, 1.54) is 31.8 Å². The zero-order chi connectivity index (χ0) is 39.1. The minimum absolute atomic E-state index is 0. The first-order valence-electron chi connectivity index (χ1n) is 15.2. The van der Waals surface area contributed by atoms with Crippen LogP contribution >= 0.6 is 14.1 Å². The molecule has 0 spiro atoms. The smallest absolute Gasteiger partial charge is 0.148 e. The summed E-state index contributed by atoms with van der Waals surface area (Å²) in [6.45, 7) is 24.4. The molecule has 0 saturated carbocycles. The van der Waals surface area contributed by atoms with E-state index in [1.807, 2.05) is 6.92 Å². The van der Waals surface area contributed by atoms with Gasteiger partial charge < -0.3 is 12.6 Å². The fourth-order valence-corrected chi connectivity index (χ4v) is 14.8. The summed E-state index contributed by atoms with van der Waals surface area (Å²) in [5.41, 5.74) is 0. The van der Waals surface area contributed by atoms with Crippen LogP contribution < -0.4 is 36.0 Å². The van der Waals surface area contributed by atoms with Crippen molar-refractivity contribution in [3.05, 3.63) is 215 Å². The van der Waals surface area contributed by atoms with Crippen molar-refractivity contribution in [3.63, 3.8) is 0 Å². The van der Waals surface area contributed by atoms with Crippen molar-refractivity contribution in [2.45, 2.75) is 6.92 Å². The van der Waals surface area contributed by atoms with Crippen molar-refractivity contribution in [1.29, 1.82) is 0 Å². The van der Waals surface area contributed by atoms with Gasteiger partial charge in [0, 0.05) is 17.4 Å². The molecular weight excluding hydrogens is 756 g/mol. The monoisotopic (exact) mass is 791 g/mol. The topological polar surface area (TPSA) is 114 Å². The summed E-state index contributed by atoms with van der Waals surface area (Å²) in [6, 6.07) is 65.7. The molecule has 0 aliphatic carbocycles. The van der Waals surface area contributed by atoms with E-state index in [0.717, 1.165) is 5.75 Å². The average Bonchev–Trinajstić information content (AvgIpc) is 3.27. The zero-order valence-corrected chi connectivity index (χ0v) is 32.6. The fourth-order valence-electron chi connectivity index (χ4n) is 5.27. The molecule has 6 rings (SSSR count). The van der Waals surface area contributed by atoms with Crippen molar-refractivity contribution in [2.75, 3.05) is 5.75 Å². The first-order chi connectivity index (χ1) is 25.8. The Morgan fingerprint density at radius 3 is 0.585 bits per heavy atom. The predicted octanol–water partition coefficient (Wildman–Crippen LogP) is 6.77. The van der Waals surface area contributed by atoms with Crippen LogP contribution in [-0.2, 0) is 53.3 Å². The van der Waals surface area contributed by atoms with Gasteiger partial charge in [0.05, 0.1) is 31.8 Å². The molecule has 0 amide bonds. The molecule has 0 unspecified atom stereocenters. The maximum atomic E-state index is 7.50. The third-order valence-corrected chi connectivity index (χ3v) is 15.5. The van der Waals surface area contributed by atoms with Crippen LogP contribution in [0.1, 0.15) is 6.92 Å². The average molecular weight is 792 g/mol. The summed E-state index contributed by atoms with van der Waals surface area (Å²) in [4.78, 5) is 0. The van der Waals surface area contributed by atoms with Crippen LogP contribution in [0.5, 0.6) is 0 Å². The molecule has 6 nitrogen and oxygen atoms in total. The molecule has 0 aliphatic rings. The molecule has 10 heteroatoms. The third kappa shape index (κ3) is 13.4. The van der Waals surface area contributed by atoms with Gasteiger partial charge in [0.2, 0.25) is 0 Å². The normalized spacial score (nSPS) is 8.98. The second-order valence-corrected chi connectivity index (χ2v) is 16.6. The van der Waals surface area contributed by atoms with Gasteiger partial charge in [0.1, 0.15) is 0 Å². The molecule has 264 valence electrons. The van der Waals surface area contributed by atoms with Crippen LogP contribution in [0.15, 0.2) is 182 Å². The van der Waals surface area contributed by atoms with Crippen LogP contribution in [-0.4, -0.2) is 5.75 Å². The Balaban J connectivity index is 0. The Hall–Kier alpha value is -4.53. The van der Waals surface area contributed by atoms with Gasteiger partial charge in [0.15, 0.2) is 0 Å². The first kappa shape index (κ1) is 50.6. The predicted molar refractivity (Wildman–Crippen MR) is 210 cm³/mol. The Morgan fingerprint density at radius 1 is 0.358 bits per heavy atom. The van der Waals surface area contributed by atoms with Crippen molar-refractivity contribution in [3.8, 4) is 0 Å². The summed E-state index contributed by atoms with van der Waals surface area (Å²) in [5, 5.41) is 7.55. The summed E-state index contributed by atoms with van der Waals surface area (Å²) in [6.07, 6.45) is 0. The van der Waals surface area contributed by atoms with Gasteiger partial charge in [-0.2, -0.15) is 5.75 Å². The van der Waals surface area contributed by atoms with Gasteiger partial charge in [-0.15, -0.1) is 4.17 Å². The number of hydrogen-bond acceptors (Lipinski definition) is 1. The molecule has 0 atom stereocenters. The molecular formula is C43H35CrNO5P2S. The summed E-state index contributed by atoms with van der Waals surface area (Å²) >= 11 is 4.39. The van der Waals surface area contributed by atoms with Gasteiger partial charge in [-0.25, -0.2) is 0 Å². The van der Waals surface area contributed by atoms with Crippen LogP contribution in [0.4, 0.5) is 0 Å². The SMILES string of the molecule is CC[S-].[C-]#[O+].[C-]#[O+].[C-]#[O+].[C-]#[O+].[C-]#[O+].[Cr].c1ccc(P(=[N+]=P(c2ccccc2)(c2ccccc2)c2ccccc2)(c2ccccc2)c2ccccc2)cc1. The van der Waals surface area contributed by atoms with Crippen LogP contribution in [0.25, 0.3) is 0 Å². The molecule has 0 bridgehead atoms. The zero-order valence-electron chi connectivity index (χ0n) is 28.7. The van der Waals surface area contributed by atoms with Crippen molar-refractivity contribution >= 4 is 58.6 Å². The summed E-state index contributed by atoms with van der Waals surface area (Å²) in [5.74, 6) is 0.833. The molecule has 0 heterocycles. The summed E-state index contributed by atoms with van der Waals surface area (Å²) in [7, 11) is -4.99. The number of rotatable bonds is 6. The van der Waals surface area contributed by atoms with E-state index in [9.17, 15) is 0 Å². The van der Waals surface area contributed by atoms with Gasteiger partial charge in [-0.05, 0) is 72.8 Å². The van der Waals surface area contributed by atoms with E-state index >= 15 is 0 Å². The molecule has 6 aromatic carbocycles.